The summed E-state index contributed by atoms with van der Waals surface area (Å²) in [5.74, 6) is -0.604. The van der Waals surface area contributed by atoms with Gasteiger partial charge in [0.25, 0.3) is 0 Å². The molecule has 1 fully saturated rings. The van der Waals surface area contributed by atoms with Crippen LogP contribution in [0.1, 0.15) is 27.2 Å². The molecule has 0 aromatic rings. The fourth-order valence-corrected chi connectivity index (χ4v) is 1.16. The van der Waals surface area contributed by atoms with Crippen LogP contribution in [0.3, 0.4) is 0 Å². The number of hydrogen-bond acceptors (Lipinski definition) is 2. The van der Waals surface area contributed by atoms with Crippen molar-refractivity contribution in [3.8, 4) is 0 Å². The summed E-state index contributed by atoms with van der Waals surface area (Å²) in [4.78, 5) is 10.3. The first-order chi connectivity index (χ1) is 4.93. The molecule has 0 bridgehead atoms. The van der Waals surface area contributed by atoms with Crippen molar-refractivity contribution in [2.75, 3.05) is 0 Å². The molecule has 0 heterocycles. The van der Waals surface area contributed by atoms with Gasteiger partial charge in [-0.1, -0.05) is 19.9 Å². The first-order valence-corrected chi connectivity index (χ1v) is 3.83. The van der Waals surface area contributed by atoms with E-state index in [2.05, 4.69) is 13.8 Å². The molecule has 0 N–H and O–H groups in total. The second kappa shape index (κ2) is 2.36. The van der Waals surface area contributed by atoms with E-state index >= 15 is 0 Å². The van der Waals surface area contributed by atoms with E-state index in [1.165, 1.54) is 0 Å². The number of rotatable bonds is 2. The number of allylic oxidation sites excluding steroid dienone is 1. The molecule has 0 amide bonds. The molecule has 0 aromatic heterocycles. The average Bonchev–Trinajstić information content (AvgIpc) is 2.39. The lowest BCUT2D eigenvalue weighted by atomic mass is 10.1. The van der Waals surface area contributed by atoms with Crippen molar-refractivity contribution in [3.05, 3.63) is 11.6 Å². The quantitative estimate of drug-likeness (QED) is 0.549. The van der Waals surface area contributed by atoms with E-state index in [9.17, 15) is 9.90 Å². The van der Waals surface area contributed by atoms with E-state index in [0.717, 1.165) is 6.42 Å². The van der Waals surface area contributed by atoms with Crippen molar-refractivity contribution in [1.82, 2.24) is 0 Å². The number of carboxylic acids is 1. The zero-order chi connectivity index (χ0) is 8.65. The molecule has 0 unspecified atom stereocenters. The van der Waals surface area contributed by atoms with Crippen LogP contribution < -0.4 is 5.11 Å². The van der Waals surface area contributed by atoms with Gasteiger partial charge in [-0.15, -0.1) is 0 Å². The van der Waals surface area contributed by atoms with Crippen molar-refractivity contribution < 1.29 is 9.90 Å². The molecule has 62 valence electrons. The van der Waals surface area contributed by atoms with Crippen LogP contribution in [0.5, 0.6) is 0 Å². The van der Waals surface area contributed by atoms with Gasteiger partial charge in [0.2, 0.25) is 0 Å². The maximum atomic E-state index is 10.3. The summed E-state index contributed by atoms with van der Waals surface area (Å²) < 4.78 is 0. The highest BCUT2D eigenvalue weighted by molar-refractivity contribution is 5.83. The Hall–Kier alpha value is -0.790. The number of carboxylic acid groups (broad SMARTS) is 1. The Balaban J connectivity index is 2.55. The van der Waals surface area contributed by atoms with Crippen molar-refractivity contribution in [3.63, 3.8) is 0 Å². The summed E-state index contributed by atoms with van der Waals surface area (Å²) in [6, 6.07) is 0. The van der Waals surface area contributed by atoms with Crippen LogP contribution in [0.4, 0.5) is 0 Å². The Morgan fingerprint density at radius 1 is 1.64 bits per heavy atom. The van der Waals surface area contributed by atoms with Crippen molar-refractivity contribution in [1.29, 1.82) is 0 Å². The van der Waals surface area contributed by atoms with E-state index in [-0.39, 0.29) is 0 Å². The standard InChI is InChI=1S/C9H14O2/c1-6(8(10)11)4-7-5-9(7,2)3/h4,7H,5H2,1-3H3,(H,10,11)/p-1/b6-4+/t7-/m1/s1. The molecule has 0 radical (unpaired) electrons. The molecule has 1 atom stereocenters. The largest absolute Gasteiger partial charge is 0.545 e. The summed E-state index contributed by atoms with van der Waals surface area (Å²) in [6.45, 7) is 5.86. The third-order valence-corrected chi connectivity index (χ3v) is 2.36. The maximum absolute atomic E-state index is 10.3. The molecular formula is C9H13O2-. The Morgan fingerprint density at radius 2 is 2.09 bits per heavy atom. The van der Waals surface area contributed by atoms with Gasteiger partial charge in [0.15, 0.2) is 0 Å². The lowest BCUT2D eigenvalue weighted by Crippen LogP contribution is -2.23. The molecule has 1 aliphatic carbocycles. The van der Waals surface area contributed by atoms with E-state index in [1.54, 1.807) is 13.0 Å². The minimum atomic E-state index is -1.05. The molecule has 2 nitrogen and oxygen atoms in total. The summed E-state index contributed by atoms with van der Waals surface area (Å²) in [5, 5.41) is 10.3. The normalized spacial score (nSPS) is 28.3. The minimum Gasteiger partial charge on any atom is -0.545 e. The van der Waals surface area contributed by atoms with E-state index in [1.807, 2.05) is 0 Å². The maximum Gasteiger partial charge on any atom is 0.0668 e. The number of carbonyl (C=O) groups is 1. The molecule has 2 heteroatoms. The highest BCUT2D eigenvalue weighted by Gasteiger charge is 2.43. The Morgan fingerprint density at radius 3 is 2.36 bits per heavy atom. The van der Waals surface area contributed by atoms with Crippen molar-refractivity contribution >= 4 is 5.97 Å². The Kier molecular flexibility index (Phi) is 1.78. The lowest BCUT2D eigenvalue weighted by molar-refractivity contribution is -0.299. The zero-order valence-corrected chi connectivity index (χ0v) is 7.18. The van der Waals surface area contributed by atoms with E-state index in [4.69, 9.17) is 0 Å². The van der Waals surface area contributed by atoms with Crippen LogP contribution in [-0.4, -0.2) is 5.97 Å². The predicted molar refractivity (Wildman–Crippen MR) is 40.7 cm³/mol. The van der Waals surface area contributed by atoms with Crippen LogP contribution in [0.2, 0.25) is 0 Å². The third-order valence-electron chi connectivity index (χ3n) is 2.36. The van der Waals surface area contributed by atoms with E-state index in [0.29, 0.717) is 16.9 Å². The summed E-state index contributed by atoms with van der Waals surface area (Å²) in [6.07, 6.45) is 2.90. The van der Waals surface area contributed by atoms with Crippen LogP contribution in [0.25, 0.3) is 0 Å². The van der Waals surface area contributed by atoms with Crippen molar-refractivity contribution in [2.45, 2.75) is 27.2 Å². The fraction of sp³-hybridized carbons (Fsp3) is 0.667. The Bertz CT molecular complexity index is 214. The second-order valence-electron chi connectivity index (χ2n) is 3.94. The van der Waals surface area contributed by atoms with Gasteiger partial charge >= 0.3 is 0 Å². The molecule has 0 aromatic carbocycles. The summed E-state index contributed by atoms with van der Waals surface area (Å²) in [7, 11) is 0. The smallest absolute Gasteiger partial charge is 0.0668 e. The van der Waals surface area contributed by atoms with Gasteiger partial charge in [-0.2, -0.15) is 0 Å². The van der Waals surface area contributed by atoms with Crippen LogP contribution in [0.15, 0.2) is 11.6 Å². The number of aliphatic carboxylic acids is 1. The molecule has 0 aliphatic heterocycles. The molecule has 1 saturated carbocycles. The fourth-order valence-electron chi connectivity index (χ4n) is 1.16. The van der Waals surface area contributed by atoms with Gasteiger partial charge in [-0.3, -0.25) is 0 Å². The molecule has 1 aliphatic rings. The third kappa shape index (κ3) is 1.82. The molecule has 11 heavy (non-hydrogen) atoms. The van der Waals surface area contributed by atoms with Crippen LogP contribution >= 0.6 is 0 Å². The topological polar surface area (TPSA) is 40.1 Å². The molecule has 0 spiro atoms. The van der Waals surface area contributed by atoms with Gasteiger partial charge in [-0.25, -0.2) is 0 Å². The number of carbonyl (C=O) groups excluding carboxylic acids is 1. The van der Waals surface area contributed by atoms with Gasteiger partial charge in [0.05, 0.1) is 5.97 Å². The zero-order valence-electron chi connectivity index (χ0n) is 7.18. The SMILES string of the molecule is C/C(=C\[C@@H]1CC1(C)C)C(=O)[O-]. The molecule has 1 rings (SSSR count). The van der Waals surface area contributed by atoms with Crippen molar-refractivity contribution in [2.24, 2.45) is 11.3 Å². The lowest BCUT2D eigenvalue weighted by Gasteiger charge is -2.02. The number of hydrogen-bond donors (Lipinski definition) is 0. The van der Waals surface area contributed by atoms with E-state index < -0.39 is 5.97 Å². The van der Waals surface area contributed by atoms with Gasteiger partial charge in [0, 0.05) is 0 Å². The van der Waals surface area contributed by atoms with Gasteiger partial charge < -0.3 is 9.90 Å². The Labute approximate surface area is 66.9 Å². The molecular weight excluding hydrogens is 140 g/mol. The highest BCUT2D eigenvalue weighted by atomic mass is 16.4. The van der Waals surface area contributed by atoms with Crippen LogP contribution in [0, 0.1) is 11.3 Å². The minimum absolute atomic E-state index is 0.316. The highest BCUT2D eigenvalue weighted by Crippen LogP contribution is 2.52. The monoisotopic (exact) mass is 153 g/mol. The average molecular weight is 153 g/mol. The van der Waals surface area contributed by atoms with Crippen LogP contribution in [-0.2, 0) is 4.79 Å². The second-order valence-corrected chi connectivity index (χ2v) is 3.94. The van der Waals surface area contributed by atoms with Gasteiger partial charge in [-0.05, 0) is 30.3 Å². The summed E-state index contributed by atoms with van der Waals surface area (Å²) in [5.41, 5.74) is 0.678. The van der Waals surface area contributed by atoms with Gasteiger partial charge in [0.1, 0.15) is 0 Å². The first-order valence-electron chi connectivity index (χ1n) is 3.83. The first kappa shape index (κ1) is 8.31. The molecule has 0 saturated heterocycles. The predicted octanol–water partition coefficient (Wildman–Crippen LogP) is 0.729. The summed E-state index contributed by atoms with van der Waals surface area (Å²) >= 11 is 0.